The fourth-order valence-electron chi connectivity index (χ4n) is 4.03. The first-order valence-electron chi connectivity index (χ1n) is 11.5. The summed E-state index contributed by atoms with van der Waals surface area (Å²) < 4.78 is 40.3. The number of carbonyl (C=O) groups is 1. The molecule has 4 aromatic rings. The van der Waals surface area contributed by atoms with Crippen molar-refractivity contribution in [1.29, 1.82) is 0 Å². The lowest BCUT2D eigenvalue weighted by Gasteiger charge is -2.17. The van der Waals surface area contributed by atoms with Crippen molar-refractivity contribution in [3.8, 4) is 5.95 Å². The molecule has 1 amide bonds. The molecular weight excluding hydrogens is 510 g/mol. The van der Waals surface area contributed by atoms with Crippen molar-refractivity contribution in [3.05, 3.63) is 35.7 Å². The first-order valence-corrected chi connectivity index (χ1v) is 11.5. The zero-order valence-electron chi connectivity index (χ0n) is 20.4. The molecule has 1 aliphatic rings. The zero-order valence-corrected chi connectivity index (χ0v) is 20.4. The summed E-state index contributed by atoms with van der Waals surface area (Å²) in [5.41, 5.74) is 1.09. The summed E-state index contributed by atoms with van der Waals surface area (Å²) in [4.78, 5) is 25.3. The summed E-state index contributed by atoms with van der Waals surface area (Å²) in [7, 11) is 1.37. The first kappa shape index (κ1) is 25.6. The molecule has 0 unspecified atom stereocenters. The highest BCUT2D eigenvalue weighted by Crippen LogP contribution is 2.33. The van der Waals surface area contributed by atoms with E-state index in [0.29, 0.717) is 11.5 Å². The summed E-state index contributed by atoms with van der Waals surface area (Å²) >= 11 is 0. The average Bonchev–Trinajstić information content (AvgIpc) is 3.64. The lowest BCUT2D eigenvalue weighted by atomic mass is 10.1. The second-order valence-corrected chi connectivity index (χ2v) is 8.93. The van der Waals surface area contributed by atoms with Gasteiger partial charge in [-0.3, -0.25) is 9.36 Å². The van der Waals surface area contributed by atoms with Gasteiger partial charge in [0.15, 0.2) is 35.1 Å². The number of nitrogens with one attached hydrogen (secondary N) is 2. The molecule has 0 aliphatic carbocycles. The number of imidazole rings is 1. The van der Waals surface area contributed by atoms with Crippen molar-refractivity contribution in [2.75, 3.05) is 12.4 Å². The Morgan fingerprint density at radius 3 is 2.74 bits per heavy atom. The molecule has 15 nitrogen and oxygen atoms in total. The average molecular weight is 534 g/mol. The number of aliphatic hydroxyl groups excluding tert-OH is 2. The molecule has 1 saturated heterocycles. The lowest BCUT2D eigenvalue weighted by molar-refractivity contribution is -0.137. The van der Waals surface area contributed by atoms with Gasteiger partial charge in [0.25, 0.3) is 17.8 Å². The Hall–Kier alpha value is -4.09. The highest BCUT2D eigenvalue weighted by molar-refractivity contribution is 5.84. The topological polar surface area (TPSA) is 191 Å². The second-order valence-electron chi connectivity index (χ2n) is 8.93. The molecule has 0 radical (unpaired) electrons. The van der Waals surface area contributed by atoms with E-state index in [1.165, 1.54) is 24.1 Å². The Kier molecular flexibility index (Phi) is 6.49. The molecule has 0 bridgehead atoms. The van der Waals surface area contributed by atoms with Gasteiger partial charge in [0.2, 0.25) is 0 Å². The van der Waals surface area contributed by atoms with Gasteiger partial charge < -0.3 is 30.1 Å². The lowest BCUT2D eigenvalue weighted by Crippen LogP contribution is -2.41. The maximum absolute atomic E-state index is 13.5. The fourth-order valence-corrected chi connectivity index (χ4v) is 4.03. The van der Waals surface area contributed by atoms with Gasteiger partial charge in [-0.05, 0) is 13.8 Å². The van der Waals surface area contributed by atoms with Crippen LogP contribution in [0.5, 0.6) is 0 Å². The Morgan fingerprint density at radius 1 is 1.26 bits per heavy atom. The van der Waals surface area contributed by atoms with Crippen molar-refractivity contribution in [2.24, 2.45) is 0 Å². The number of carbonyl (C=O) groups excluding carboxylic acids is 1. The van der Waals surface area contributed by atoms with Gasteiger partial charge in [-0.25, -0.2) is 13.8 Å². The molecule has 17 heteroatoms. The van der Waals surface area contributed by atoms with E-state index in [0.717, 1.165) is 11.6 Å². The van der Waals surface area contributed by atoms with Crippen LogP contribution in [-0.4, -0.2) is 87.1 Å². The number of halogens is 2. The van der Waals surface area contributed by atoms with Gasteiger partial charge in [-0.15, -0.1) is 5.10 Å². The number of amides is 1. The number of likely N-dealkylation sites (N-methyl/N-ethyl adjacent to an activating group) is 1. The maximum Gasteiger partial charge on any atom is 0.256 e. The van der Waals surface area contributed by atoms with Gasteiger partial charge in [0.1, 0.15) is 12.2 Å². The highest BCUT2D eigenvalue weighted by atomic mass is 19.3. The number of aryl methyl sites for hydroxylation is 1. The van der Waals surface area contributed by atoms with Crippen molar-refractivity contribution >= 4 is 22.9 Å². The minimum absolute atomic E-state index is 0.0208. The van der Waals surface area contributed by atoms with Crippen molar-refractivity contribution in [1.82, 2.24) is 45.0 Å². The van der Waals surface area contributed by atoms with Crippen LogP contribution in [0.2, 0.25) is 0 Å². The maximum atomic E-state index is 13.5. The molecule has 4 aromatic heterocycles. The monoisotopic (exact) mass is 534 g/mol. The fraction of sp³-hybridized carbons (Fsp3) is 0.476. The third kappa shape index (κ3) is 4.90. The van der Waals surface area contributed by atoms with Crippen LogP contribution in [0.3, 0.4) is 0 Å². The third-order valence-electron chi connectivity index (χ3n) is 5.77. The molecule has 4 atom stereocenters. The minimum Gasteiger partial charge on any atom is -0.387 e. The first-order chi connectivity index (χ1) is 18.0. The number of aromatic nitrogens is 8. The molecule has 0 spiro atoms. The molecule has 4 N–H and O–H groups in total. The molecule has 38 heavy (non-hydrogen) atoms. The van der Waals surface area contributed by atoms with Crippen molar-refractivity contribution in [2.45, 2.75) is 57.3 Å². The quantitative estimate of drug-likeness (QED) is 0.235. The number of alkyl halides is 2. The Bertz CT molecular complexity index is 1460. The molecule has 0 aromatic carbocycles. The molecule has 1 aliphatic heterocycles. The number of hydrogen-bond acceptors (Lipinski definition) is 12. The van der Waals surface area contributed by atoms with Crippen molar-refractivity contribution < 1.29 is 33.0 Å². The molecular formula is C21H24F2N10O5. The zero-order chi connectivity index (χ0) is 27.2. The third-order valence-corrected chi connectivity index (χ3v) is 5.77. The Balaban J connectivity index is 1.55. The van der Waals surface area contributed by atoms with Crippen LogP contribution >= 0.6 is 0 Å². The van der Waals surface area contributed by atoms with Crippen LogP contribution in [0.25, 0.3) is 17.1 Å². The Labute approximate surface area is 212 Å². The number of ether oxygens (including phenoxy) is 1. The van der Waals surface area contributed by atoms with Crippen LogP contribution in [-0.2, 0) is 22.5 Å². The van der Waals surface area contributed by atoms with Crippen LogP contribution in [0.15, 0.2) is 23.1 Å². The van der Waals surface area contributed by atoms with Crippen LogP contribution < -0.4 is 10.6 Å². The smallest absolute Gasteiger partial charge is 0.256 e. The van der Waals surface area contributed by atoms with E-state index in [1.54, 1.807) is 13.0 Å². The molecule has 5 heterocycles. The van der Waals surface area contributed by atoms with Crippen LogP contribution in [0.4, 0.5) is 14.6 Å². The van der Waals surface area contributed by atoms with Crippen LogP contribution in [0, 0.1) is 6.92 Å². The second kappa shape index (κ2) is 9.66. The number of anilines is 1. The number of rotatable bonds is 8. The predicted molar refractivity (Wildman–Crippen MR) is 123 cm³/mol. The van der Waals surface area contributed by atoms with Crippen molar-refractivity contribution in [3.63, 3.8) is 0 Å². The summed E-state index contributed by atoms with van der Waals surface area (Å²) in [5, 5.41) is 38.0. The SMILES string of the molecule is CNC(=O)[C@H]1O[C@@H](n2cnc3c(NCc4cc(C)no4)nc(-n4cc(CC(C)(F)F)nn4)nc32)[C@H](O)[C@@H]1O. The van der Waals surface area contributed by atoms with Gasteiger partial charge in [0.05, 0.1) is 36.9 Å². The van der Waals surface area contributed by atoms with E-state index in [4.69, 9.17) is 9.26 Å². The normalized spacial score (nSPS) is 21.8. The molecule has 202 valence electrons. The number of nitrogens with zero attached hydrogens (tertiary/aromatic N) is 8. The predicted octanol–water partition coefficient (Wildman–Crippen LogP) is -0.122. The summed E-state index contributed by atoms with van der Waals surface area (Å²) in [5.74, 6) is -2.94. The molecule has 0 saturated carbocycles. The van der Waals surface area contributed by atoms with Crippen LogP contribution in [0.1, 0.15) is 30.3 Å². The van der Waals surface area contributed by atoms with E-state index >= 15 is 0 Å². The van der Waals surface area contributed by atoms with Gasteiger partial charge in [-0.2, -0.15) is 14.6 Å². The summed E-state index contributed by atoms with van der Waals surface area (Å²) in [6.07, 6.45) is -3.62. The van der Waals surface area contributed by atoms with Gasteiger partial charge in [-0.1, -0.05) is 10.4 Å². The van der Waals surface area contributed by atoms with E-state index in [2.05, 4.69) is 41.1 Å². The number of aliphatic hydroxyl groups is 2. The molecule has 5 rings (SSSR count). The van der Waals surface area contributed by atoms with Gasteiger partial charge >= 0.3 is 0 Å². The van der Waals surface area contributed by atoms with E-state index in [9.17, 15) is 23.8 Å². The van der Waals surface area contributed by atoms with Gasteiger partial charge in [0, 0.05) is 13.1 Å². The van der Waals surface area contributed by atoms with E-state index in [1.807, 2.05) is 0 Å². The summed E-state index contributed by atoms with van der Waals surface area (Å²) in [6.45, 7) is 2.71. The standard InChI is InChI=1S/C21H24F2N10O5/c1-9-4-11(38-30-9)6-25-16-12-17(28-20(27-16)33-7-10(29-31-33)5-21(2,22)23)32(8-26-12)19-14(35)13(34)15(37-19)18(36)24-3/h4,7-8,13-15,19,34-35H,5-6H2,1-3H3,(H,24,36)(H,25,27,28)/t13-,14+,15-,19+/m0/s1. The molecule has 1 fully saturated rings. The number of hydrogen-bond donors (Lipinski definition) is 4. The minimum atomic E-state index is -3.00. The summed E-state index contributed by atoms with van der Waals surface area (Å²) in [6, 6.07) is 1.72. The number of fused-ring (bicyclic) bond motifs is 1. The highest BCUT2D eigenvalue weighted by Gasteiger charge is 2.47. The largest absolute Gasteiger partial charge is 0.387 e. The Morgan fingerprint density at radius 2 is 2.05 bits per heavy atom. The van der Waals surface area contributed by atoms with E-state index < -0.39 is 42.8 Å². The van der Waals surface area contributed by atoms with E-state index in [-0.39, 0.29) is 35.2 Å².